The molecule has 1 aromatic heterocycles. The van der Waals surface area contributed by atoms with Gasteiger partial charge in [0, 0.05) is 31.9 Å². The van der Waals surface area contributed by atoms with E-state index in [9.17, 15) is 14.0 Å². The molecule has 0 spiro atoms. The highest BCUT2D eigenvalue weighted by Gasteiger charge is 2.30. The van der Waals surface area contributed by atoms with Crippen molar-refractivity contribution >= 4 is 12.0 Å². The van der Waals surface area contributed by atoms with Crippen LogP contribution in [0.25, 0.3) is 0 Å². The summed E-state index contributed by atoms with van der Waals surface area (Å²) in [5.74, 6) is -0.949. The van der Waals surface area contributed by atoms with E-state index in [4.69, 9.17) is 9.84 Å². The van der Waals surface area contributed by atoms with Crippen LogP contribution in [0.2, 0.25) is 0 Å². The van der Waals surface area contributed by atoms with Gasteiger partial charge < -0.3 is 20.1 Å². The molecule has 0 aliphatic carbocycles. The SMILES string of the molecule is O=C(O)C1CCN(C(=O)NCc2ccnc(Oc3ccc(F)cc3)c2)C1. The molecule has 1 atom stereocenters. The number of aliphatic carboxylic acids is 1. The maximum absolute atomic E-state index is 12.9. The quantitative estimate of drug-likeness (QED) is 0.856. The number of pyridine rings is 1. The number of ether oxygens (including phenoxy) is 1. The number of carboxylic acids is 1. The summed E-state index contributed by atoms with van der Waals surface area (Å²) < 4.78 is 18.5. The molecule has 2 heterocycles. The lowest BCUT2D eigenvalue weighted by atomic mass is 10.1. The molecule has 0 radical (unpaired) electrons. The third-order valence-corrected chi connectivity index (χ3v) is 4.10. The number of carbonyl (C=O) groups is 2. The van der Waals surface area contributed by atoms with Crippen LogP contribution in [0.15, 0.2) is 42.6 Å². The predicted molar refractivity (Wildman–Crippen MR) is 90.3 cm³/mol. The van der Waals surface area contributed by atoms with E-state index in [0.29, 0.717) is 24.6 Å². The molecule has 7 nitrogen and oxygen atoms in total. The number of aromatic nitrogens is 1. The van der Waals surface area contributed by atoms with Gasteiger partial charge in [0.1, 0.15) is 11.6 Å². The molecule has 1 saturated heterocycles. The summed E-state index contributed by atoms with van der Waals surface area (Å²) in [4.78, 5) is 28.7. The van der Waals surface area contributed by atoms with Crippen LogP contribution >= 0.6 is 0 Å². The van der Waals surface area contributed by atoms with Crippen molar-refractivity contribution in [1.82, 2.24) is 15.2 Å². The molecule has 1 aromatic carbocycles. The number of hydrogen-bond donors (Lipinski definition) is 2. The van der Waals surface area contributed by atoms with Crippen molar-refractivity contribution in [2.45, 2.75) is 13.0 Å². The van der Waals surface area contributed by atoms with Crippen LogP contribution in [-0.4, -0.2) is 40.1 Å². The summed E-state index contributed by atoms with van der Waals surface area (Å²) in [7, 11) is 0. The van der Waals surface area contributed by atoms with E-state index < -0.39 is 11.9 Å². The fourth-order valence-electron chi connectivity index (χ4n) is 2.68. The van der Waals surface area contributed by atoms with E-state index >= 15 is 0 Å². The summed E-state index contributed by atoms with van der Waals surface area (Å²) in [5, 5.41) is 11.7. The second-order valence-electron chi connectivity index (χ2n) is 5.99. The normalized spacial score (nSPS) is 16.3. The summed E-state index contributed by atoms with van der Waals surface area (Å²) in [5.41, 5.74) is 0.777. The summed E-state index contributed by atoms with van der Waals surface area (Å²) in [6, 6.07) is 8.69. The second-order valence-corrected chi connectivity index (χ2v) is 5.99. The average molecular weight is 359 g/mol. The van der Waals surface area contributed by atoms with Crippen molar-refractivity contribution in [3.63, 3.8) is 0 Å². The first-order chi connectivity index (χ1) is 12.5. The number of carboxylic acid groups (broad SMARTS) is 1. The number of halogens is 1. The number of rotatable bonds is 5. The molecular formula is C18H18FN3O4. The number of urea groups is 1. The van der Waals surface area contributed by atoms with Gasteiger partial charge in [-0.2, -0.15) is 0 Å². The van der Waals surface area contributed by atoms with Gasteiger partial charge >= 0.3 is 12.0 Å². The Labute approximate surface area is 149 Å². The lowest BCUT2D eigenvalue weighted by Gasteiger charge is -2.16. The Kier molecular flexibility index (Phi) is 5.31. The van der Waals surface area contributed by atoms with E-state index in [1.807, 2.05) is 0 Å². The summed E-state index contributed by atoms with van der Waals surface area (Å²) in [6.07, 6.45) is 2.02. The van der Waals surface area contributed by atoms with E-state index in [2.05, 4.69) is 10.3 Å². The van der Waals surface area contributed by atoms with Crippen LogP contribution in [0, 0.1) is 11.7 Å². The van der Waals surface area contributed by atoms with Gasteiger partial charge in [0.05, 0.1) is 5.92 Å². The number of benzene rings is 1. The molecular weight excluding hydrogens is 341 g/mol. The maximum atomic E-state index is 12.9. The minimum atomic E-state index is -0.878. The number of nitrogens with zero attached hydrogens (tertiary/aromatic N) is 2. The first-order valence-corrected chi connectivity index (χ1v) is 8.15. The minimum absolute atomic E-state index is 0.219. The Morgan fingerprint density at radius 2 is 2.08 bits per heavy atom. The first kappa shape index (κ1) is 17.7. The zero-order valence-corrected chi connectivity index (χ0v) is 13.9. The summed E-state index contributed by atoms with van der Waals surface area (Å²) in [6.45, 7) is 0.907. The minimum Gasteiger partial charge on any atom is -0.481 e. The topological polar surface area (TPSA) is 91.8 Å². The van der Waals surface area contributed by atoms with Gasteiger partial charge in [-0.3, -0.25) is 4.79 Å². The van der Waals surface area contributed by atoms with Crippen LogP contribution in [0.5, 0.6) is 11.6 Å². The molecule has 26 heavy (non-hydrogen) atoms. The molecule has 0 bridgehead atoms. The Morgan fingerprint density at radius 3 is 2.77 bits per heavy atom. The Morgan fingerprint density at radius 1 is 1.31 bits per heavy atom. The Balaban J connectivity index is 1.54. The van der Waals surface area contributed by atoms with Gasteiger partial charge in [0.2, 0.25) is 5.88 Å². The smallest absolute Gasteiger partial charge is 0.317 e. The van der Waals surface area contributed by atoms with Crippen LogP contribution in [0.1, 0.15) is 12.0 Å². The monoisotopic (exact) mass is 359 g/mol. The molecule has 1 fully saturated rings. The van der Waals surface area contributed by atoms with Gasteiger partial charge in [0.15, 0.2) is 0 Å². The van der Waals surface area contributed by atoms with Crippen molar-refractivity contribution in [2.75, 3.05) is 13.1 Å². The second kappa shape index (κ2) is 7.81. The van der Waals surface area contributed by atoms with Crippen molar-refractivity contribution < 1.29 is 23.8 Å². The number of hydrogen-bond acceptors (Lipinski definition) is 4. The predicted octanol–water partition coefficient (Wildman–Crippen LogP) is 2.63. The zero-order chi connectivity index (χ0) is 18.5. The molecule has 1 unspecified atom stereocenters. The van der Waals surface area contributed by atoms with Crippen molar-refractivity contribution in [3.05, 3.63) is 54.0 Å². The Hall–Kier alpha value is -3.16. The van der Waals surface area contributed by atoms with Crippen molar-refractivity contribution in [2.24, 2.45) is 5.92 Å². The average Bonchev–Trinajstić information content (AvgIpc) is 3.13. The molecule has 2 amide bonds. The molecule has 0 saturated carbocycles. The Bertz CT molecular complexity index is 797. The number of nitrogens with one attached hydrogen (secondary N) is 1. The number of likely N-dealkylation sites (tertiary alicyclic amines) is 1. The van der Waals surface area contributed by atoms with Gasteiger partial charge in [-0.05, 0) is 42.3 Å². The fourth-order valence-corrected chi connectivity index (χ4v) is 2.68. The number of carbonyl (C=O) groups excluding carboxylic acids is 1. The molecule has 1 aliphatic rings. The zero-order valence-electron chi connectivity index (χ0n) is 13.9. The molecule has 136 valence electrons. The lowest BCUT2D eigenvalue weighted by molar-refractivity contribution is -0.141. The summed E-state index contributed by atoms with van der Waals surface area (Å²) >= 11 is 0. The van der Waals surface area contributed by atoms with E-state index in [-0.39, 0.29) is 24.9 Å². The standard InChI is InChI=1S/C18H18FN3O4/c19-14-1-3-15(4-2-14)26-16-9-12(5-7-20-16)10-21-18(25)22-8-6-13(11-22)17(23)24/h1-5,7,9,13H,6,8,10-11H2,(H,21,25)(H,23,24). The highest BCUT2D eigenvalue weighted by molar-refractivity contribution is 5.77. The van der Waals surface area contributed by atoms with E-state index in [1.165, 1.54) is 29.2 Å². The van der Waals surface area contributed by atoms with Crippen LogP contribution in [0.4, 0.5) is 9.18 Å². The molecule has 1 aliphatic heterocycles. The van der Waals surface area contributed by atoms with Gasteiger partial charge in [-0.1, -0.05) is 0 Å². The molecule has 3 rings (SSSR count). The molecule has 2 aromatic rings. The van der Waals surface area contributed by atoms with Gasteiger partial charge in [0.25, 0.3) is 0 Å². The largest absolute Gasteiger partial charge is 0.481 e. The molecule has 2 N–H and O–H groups in total. The maximum Gasteiger partial charge on any atom is 0.317 e. The molecule has 8 heteroatoms. The van der Waals surface area contributed by atoms with Crippen LogP contribution in [0.3, 0.4) is 0 Å². The third-order valence-electron chi connectivity index (χ3n) is 4.10. The highest BCUT2D eigenvalue weighted by atomic mass is 19.1. The highest BCUT2D eigenvalue weighted by Crippen LogP contribution is 2.20. The van der Waals surface area contributed by atoms with Gasteiger partial charge in [-0.25, -0.2) is 14.2 Å². The first-order valence-electron chi connectivity index (χ1n) is 8.15. The fraction of sp³-hybridized carbons (Fsp3) is 0.278. The van der Waals surface area contributed by atoms with Crippen molar-refractivity contribution in [1.29, 1.82) is 0 Å². The lowest BCUT2D eigenvalue weighted by Crippen LogP contribution is -2.38. The van der Waals surface area contributed by atoms with E-state index in [1.54, 1.807) is 18.3 Å². The van der Waals surface area contributed by atoms with E-state index in [0.717, 1.165) is 5.56 Å². The van der Waals surface area contributed by atoms with Crippen LogP contribution in [-0.2, 0) is 11.3 Å². The number of amides is 2. The third kappa shape index (κ3) is 4.47. The van der Waals surface area contributed by atoms with Crippen molar-refractivity contribution in [3.8, 4) is 11.6 Å². The van der Waals surface area contributed by atoms with Gasteiger partial charge in [-0.15, -0.1) is 0 Å². The van der Waals surface area contributed by atoms with Crippen LogP contribution < -0.4 is 10.1 Å².